The molecule has 0 spiro atoms. The molecule has 0 radical (unpaired) electrons. The van der Waals surface area contributed by atoms with Gasteiger partial charge in [-0.2, -0.15) is 0 Å². The van der Waals surface area contributed by atoms with E-state index in [1.165, 1.54) is 0 Å². The molecule has 5 heteroatoms. The summed E-state index contributed by atoms with van der Waals surface area (Å²) in [4.78, 5) is 14.0. The molecule has 0 aromatic heterocycles. The average Bonchev–Trinajstić information content (AvgIpc) is 2.47. The molecule has 2 rings (SSSR count). The molecule has 1 aliphatic rings. The number of carbonyl (C=O) groups is 1. The number of aliphatic hydroxyl groups is 1. The first kappa shape index (κ1) is 15.7. The molecule has 20 heavy (non-hydrogen) atoms. The second-order valence-electron chi connectivity index (χ2n) is 5.15. The van der Waals surface area contributed by atoms with Crippen molar-refractivity contribution in [1.29, 1.82) is 0 Å². The Morgan fingerprint density at radius 1 is 1.50 bits per heavy atom. The number of thioether (sulfide) groups is 1. The van der Waals surface area contributed by atoms with Crippen LogP contribution in [0.25, 0.3) is 0 Å². The molecule has 1 aromatic carbocycles. The maximum Gasteiger partial charge on any atom is 0.232 e. The van der Waals surface area contributed by atoms with Crippen molar-refractivity contribution in [3.63, 3.8) is 0 Å². The number of hydrogen-bond acceptors (Lipinski definition) is 3. The van der Waals surface area contributed by atoms with E-state index in [9.17, 15) is 9.90 Å². The molecule has 110 valence electrons. The van der Waals surface area contributed by atoms with Gasteiger partial charge >= 0.3 is 0 Å². The van der Waals surface area contributed by atoms with E-state index in [0.29, 0.717) is 12.3 Å². The summed E-state index contributed by atoms with van der Waals surface area (Å²) >= 11 is 7.55. The van der Waals surface area contributed by atoms with E-state index in [-0.39, 0.29) is 18.4 Å². The summed E-state index contributed by atoms with van der Waals surface area (Å²) in [5.41, 5.74) is 1.14. The van der Waals surface area contributed by atoms with Crippen LogP contribution in [0.2, 0.25) is 5.02 Å². The molecule has 1 aromatic rings. The summed E-state index contributed by atoms with van der Waals surface area (Å²) in [6.45, 7) is 1.71. The van der Waals surface area contributed by atoms with Gasteiger partial charge in [0.15, 0.2) is 0 Å². The van der Waals surface area contributed by atoms with Crippen molar-refractivity contribution >= 4 is 29.3 Å². The molecule has 1 aliphatic heterocycles. The van der Waals surface area contributed by atoms with Crippen molar-refractivity contribution < 1.29 is 9.90 Å². The van der Waals surface area contributed by atoms with Gasteiger partial charge in [0.25, 0.3) is 0 Å². The number of amides is 1. The molecular weight excluding hydrogens is 294 g/mol. The summed E-state index contributed by atoms with van der Waals surface area (Å²) < 4.78 is 0. The highest BCUT2D eigenvalue weighted by Gasteiger charge is 2.22. The van der Waals surface area contributed by atoms with E-state index in [1.54, 1.807) is 11.8 Å². The van der Waals surface area contributed by atoms with Gasteiger partial charge in [-0.25, -0.2) is 0 Å². The highest BCUT2D eigenvalue weighted by atomic mass is 35.5. The smallest absolute Gasteiger partial charge is 0.232 e. The van der Waals surface area contributed by atoms with Crippen molar-refractivity contribution in [3.05, 3.63) is 34.9 Å². The standard InChI is InChI=1S/C15H20ClNO2S/c16-14-5-1-3-12(7-14)10-20-11-15(19)17-6-2-4-13(8-17)9-18/h1,3,5,7,13,18H,2,4,6,8-11H2. The third kappa shape index (κ3) is 4.69. The van der Waals surface area contributed by atoms with Gasteiger partial charge in [-0.05, 0) is 36.5 Å². The topological polar surface area (TPSA) is 40.5 Å². The van der Waals surface area contributed by atoms with Gasteiger partial charge in [0.2, 0.25) is 5.91 Å². The Bertz CT molecular complexity index is 455. The monoisotopic (exact) mass is 313 g/mol. The van der Waals surface area contributed by atoms with Crippen LogP contribution >= 0.6 is 23.4 Å². The fourth-order valence-corrected chi connectivity index (χ4v) is 3.50. The number of nitrogens with zero attached hydrogens (tertiary/aromatic N) is 1. The first-order valence-electron chi connectivity index (χ1n) is 6.90. The van der Waals surface area contributed by atoms with Crippen LogP contribution in [0.3, 0.4) is 0 Å². The van der Waals surface area contributed by atoms with Gasteiger partial charge in [0.1, 0.15) is 0 Å². The number of rotatable bonds is 5. The third-order valence-electron chi connectivity index (χ3n) is 3.51. The largest absolute Gasteiger partial charge is 0.396 e. The maximum atomic E-state index is 12.1. The van der Waals surface area contributed by atoms with Crippen molar-refractivity contribution in [2.24, 2.45) is 5.92 Å². The number of piperidine rings is 1. The number of benzene rings is 1. The van der Waals surface area contributed by atoms with Crippen molar-refractivity contribution in [3.8, 4) is 0 Å². The van der Waals surface area contributed by atoms with Gasteiger partial charge in [0.05, 0.1) is 5.75 Å². The van der Waals surface area contributed by atoms with Crippen LogP contribution in [0.1, 0.15) is 18.4 Å². The number of hydrogen-bond donors (Lipinski definition) is 1. The highest BCUT2D eigenvalue weighted by Crippen LogP contribution is 2.19. The summed E-state index contributed by atoms with van der Waals surface area (Å²) in [5, 5.41) is 9.92. The molecule has 1 heterocycles. The van der Waals surface area contributed by atoms with Crippen LogP contribution in [0.15, 0.2) is 24.3 Å². The minimum absolute atomic E-state index is 0.176. The maximum absolute atomic E-state index is 12.1. The first-order chi connectivity index (χ1) is 9.69. The Morgan fingerprint density at radius 2 is 2.35 bits per heavy atom. The molecule has 1 fully saturated rings. The lowest BCUT2D eigenvalue weighted by Gasteiger charge is -2.31. The van der Waals surface area contributed by atoms with E-state index in [0.717, 1.165) is 35.7 Å². The van der Waals surface area contributed by atoms with Crippen molar-refractivity contribution in [2.45, 2.75) is 18.6 Å². The second kappa shape index (κ2) is 7.91. The molecule has 1 unspecified atom stereocenters. The third-order valence-corrected chi connectivity index (χ3v) is 4.74. The zero-order chi connectivity index (χ0) is 14.4. The molecule has 0 aliphatic carbocycles. The van der Waals surface area contributed by atoms with Crippen LogP contribution in [0, 0.1) is 5.92 Å². The second-order valence-corrected chi connectivity index (χ2v) is 6.58. The lowest BCUT2D eigenvalue weighted by Crippen LogP contribution is -2.41. The highest BCUT2D eigenvalue weighted by molar-refractivity contribution is 7.99. The molecule has 3 nitrogen and oxygen atoms in total. The normalized spacial score (nSPS) is 19.1. The zero-order valence-electron chi connectivity index (χ0n) is 11.4. The lowest BCUT2D eigenvalue weighted by atomic mass is 9.99. The molecule has 1 atom stereocenters. The van der Waals surface area contributed by atoms with Crippen LogP contribution < -0.4 is 0 Å². The molecule has 0 saturated carbocycles. The van der Waals surface area contributed by atoms with Crippen molar-refractivity contribution in [1.82, 2.24) is 4.90 Å². The van der Waals surface area contributed by atoms with Gasteiger partial charge in [-0.1, -0.05) is 23.7 Å². The molecule has 0 bridgehead atoms. The van der Waals surface area contributed by atoms with Gasteiger partial charge in [-0.3, -0.25) is 4.79 Å². The number of likely N-dealkylation sites (tertiary alicyclic amines) is 1. The summed E-state index contributed by atoms with van der Waals surface area (Å²) in [6, 6.07) is 7.73. The molecule has 1 N–H and O–H groups in total. The Labute approximate surface area is 129 Å². The van der Waals surface area contributed by atoms with E-state index < -0.39 is 0 Å². The van der Waals surface area contributed by atoms with E-state index in [2.05, 4.69) is 0 Å². The Balaban J connectivity index is 1.75. The Kier molecular flexibility index (Phi) is 6.20. The van der Waals surface area contributed by atoms with E-state index in [1.807, 2.05) is 29.2 Å². The first-order valence-corrected chi connectivity index (χ1v) is 8.43. The fourth-order valence-electron chi connectivity index (χ4n) is 2.41. The van der Waals surface area contributed by atoms with Crippen LogP contribution in [0.4, 0.5) is 0 Å². The number of halogens is 1. The predicted molar refractivity (Wildman–Crippen MR) is 84.0 cm³/mol. The number of carbonyl (C=O) groups excluding carboxylic acids is 1. The minimum Gasteiger partial charge on any atom is -0.396 e. The van der Waals surface area contributed by atoms with Crippen LogP contribution in [0.5, 0.6) is 0 Å². The SMILES string of the molecule is O=C(CSCc1cccc(Cl)c1)N1CCCC(CO)C1. The van der Waals surface area contributed by atoms with E-state index in [4.69, 9.17) is 11.6 Å². The van der Waals surface area contributed by atoms with E-state index >= 15 is 0 Å². The van der Waals surface area contributed by atoms with Crippen LogP contribution in [-0.4, -0.2) is 41.4 Å². The van der Waals surface area contributed by atoms with Gasteiger partial charge in [0, 0.05) is 30.5 Å². The predicted octanol–water partition coefficient (Wildman–Crippen LogP) is 2.80. The summed E-state index contributed by atoms with van der Waals surface area (Å²) in [5.74, 6) is 1.72. The summed E-state index contributed by atoms with van der Waals surface area (Å²) in [6.07, 6.45) is 2.02. The lowest BCUT2D eigenvalue weighted by molar-refractivity contribution is -0.130. The minimum atomic E-state index is 0.176. The molecule has 1 saturated heterocycles. The Hall–Kier alpha value is -0.710. The fraction of sp³-hybridized carbons (Fsp3) is 0.533. The number of aliphatic hydroxyl groups excluding tert-OH is 1. The van der Waals surface area contributed by atoms with Crippen molar-refractivity contribution in [2.75, 3.05) is 25.4 Å². The Morgan fingerprint density at radius 3 is 3.10 bits per heavy atom. The summed E-state index contributed by atoms with van der Waals surface area (Å²) in [7, 11) is 0. The molecular formula is C15H20ClNO2S. The van der Waals surface area contributed by atoms with Crippen LogP contribution in [-0.2, 0) is 10.5 Å². The van der Waals surface area contributed by atoms with Gasteiger partial charge in [-0.15, -0.1) is 11.8 Å². The zero-order valence-corrected chi connectivity index (χ0v) is 13.0. The quantitative estimate of drug-likeness (QED) is 0.908. The average molecular weight is 314 g/mol. The van der Waals surface area contributed by atoms with Gasteiger partial charge < -0.3 is 10.0 Å². The molecule has 1 amide bonds.